The Morgan fingerprint density at radius 3 is 2.55 bits per heavy atom. The highest BCUT2D eigenvalue weighted by molar-refractivity contribution is 5.94. The summed E-state index contributed by atoms with van der Waals surface area (Å²) in [5.41, 5.74) is 2.74. The van der Waals surface area contributed by atoms with Crippen LogP contribution < -0.4 is 15.0 Å². The van der Waals surface area contributed by atoms with Gasteiger partial charge in [-0.25, -0.2) is 4.98 Å². The molecule has 174 valence electrons. The molecule has 1 saturated heterocycles. The van der Waals surface area contributed by atoms with Gasteiger partial charge in [-0.3, -0.25) is 4.79 Å². The topological polar surface area (TPSA) is 81.5 Å². The van der Waals surface area contributed by atoms with Crippen LogP contribution in [0.25, 0.3) is 0 Å². The largest absolute Gasteiger partial charge is 0.490 e. The number of hydrogen-bond acceptors (Lipinski definition) is 6. The molecule has 0 radical (unpaired) electrons. The molecule has 0 spiro atoms. The number of anilines is 1. The first-order valence-electron chi connectivity index (χ1n) is 11.9. The van der Waals surface area contributed by atoms with Gasteiger partial charge in [-0.05, 0) is 75.0 Å². The van der Waals surface area contributed by atoms with E-state index in [4.69, 9.17) is 10.00 Å². The standard InChI is InChI=1S/C26H33N5O2/c1-19-17-24(7-3-20(19)11-12-27)33-23-8-5-22(6-9-23)29-26(32)21-4-10-25(28-18-21)31-15-13-30(2)14-16-31/h3-4,7,10,17-18,22-23H,5-6,8-9,11,13-16H2,1-2H3,(H,29,32). The number of pyridine rings is 1. The van der Waals surface area contributed by atoms with Crippen molar-refractivity contribution >= 4 is 11.7 Å². The summed E-state index contributed by atoms with van der Waals surface area (Å²) in [6.07, 6.45) is 5.88. The van der Waals surface area contributed by atoms with Crippen LogP contribution in [0.1, 0.15) is 47.2 Å². The van der Waals surface area contributed by atoms with Gasteiger partial charge in [-0.1, -0.05) is 6.07 Å². The Hall–Kier alpha value is -3.11. The van der Waals surface area contributed by atoms with Gasteiger partial charge >= 0.3 is 0 Å². The maximum Gasteiger partial charge on any atom is 0.253 e. The molecule has 2 aliphatic rings. The number of carbonyl (C=O) groups excluding carboxylic acids is 1. The number of piperazine rings is 1. The van der Waals surface area contributed by atoms with Crippen molar-refractivity contribution in [1.82, 2.24) is 15.2 Å². The normalized spacial score (nSPS) is 21.3. The first-order valence-corrected chi connectivity index (χ1v) is 11.9. The molecule has 0 atom stereocenters. The highest BCUT2D eigenvalue weighted by Crippen LogP contribution is 2.26. The summed E-state index contributed by atoms with van der Waals surface area (Å²) >= 11 is 0. The number of aromatic nitrogens is 1. The summed E-state index contributed by atoms with van der Waals surface area (Å²) in [4.78, 5) is 21.8. The number of ether oxygens (including phenoxy) is 1. The Morgan fingerprint density at radius 1 is 1.15 bits per heavy atom. The Morgan fingerprint density at radius 2 is 1.91 bits per heavy atom. The van der Waals surface area contributed by atoms with Crippen LogP contribution in [0.5, 0.6) is 5.75 Å². The van der Waals surface area contributed by atoms with Crippen LogP contribution in [0.2, 0.25) is 0 Å². The number of rotatable bonds is 6. The summed E-state index contributed by atoms with van der Waals surface area (Å²) in [6, 6.07) is 12.1. The zero-order chi connectivity index (χ0) is 23.2. The summed E-state index contributed by atoms with van der Waals surface area (Å²) in [6.45, 7) is 6.00. The number of benzene rings is 1. The minimum absolute atomic E-state index is 0.0551. The molecule has 0 unspecified atom stereocenters. The third-order valence-electron chi connectivity index (χ3n) is 6.73. The molecule has 1 N–H and O–H groups in total. The van der Waals surface area contributed by atoms with Crippen LogP contribution in [-0.2, 0) is 6.42 Å². The lowest BCUT2D eigenvalue weighted by Gasteiger charge is -2.33. The average Bonchev–Trinajstić information content (AvgIpc) is 2.83. The van der Waals surface area contributed by atoms with Crippen molar-refractivity contribution in [2.45, 2.75) is 51.2 Å². The second-order valence-corrected chi connectivity index (χ2v) is 9.18. The molecular formula is C26H33N5O2. The van der Waals surface area contributed by atoms with Gasteiger partial charge in [-0.2, -0.15) is 5.26 Å². The highest BCUT2D eigenvalue weighted by Gasteiger charge is 2.24. The van der Waals surface area contributed by atoms with Gasteiger partial charge in [0.15, 0.2) is 0 Å². The molecule has 1 saturated carbocycles. The van der Waals surface area contributed by atoms with E-state index in [1.165, 1.54) is 0 Å². The van der Waals surface area contributed by atoms with E-state index in [1.807, 2.05) is 37.3 Å². The van der Waals surface area contributed by atoms with E-state index < -0.39 is 0 Å². The van der Waals surface area contributed by atoms with Crippen molar-refractivity contribution < 1.29 is 9.53 Å². The number of amides is 1. The second-order valence-electron chi connectivity index (χ2n) is 9.18. The Bertz CT molecular complexity index is 985. The van der Waals surface area contributed by atoms with Gasteiger partial charge < -0.3 is 19.9 Å². The van der Waals surface area contributed by atoms with E-state index >= 15 is 0 Å². The smallest absolute Gasteiger partial charge is 0.253 e. The van der Waals surface area contributed by atoms with Gasteiger partial charge in [0.2, 0.25) is 0 Å². The molecule has 7 heteroatoms. The van der Waals surface area contributed by atoms with Gasteiger partial charge in [0.05, 0.1) is 24.2 Å². The van der Waals surface area contributed by atoms with Crippen molar-refractivity contribution in [2.24, 2.45) is 0 Å². The molecule has 1 aromatic carbocycles. The number of nitriles is 1. The number of nitrogens with zero attached hydrogens (tertiary/aromatic N) is 4. The van der Waals surface area contributed by atoms with Crippen molar-refractivity contribution in [1.29, 1.82) is 5.26 Å². The van der Waals surface area contributed by atoms with Crippen LogP contribution in [0.15, 0.2) is 36.5 Å². The summed E-state index contributed by atoms with van der Waals surface area (Å²) in [5, 5.41) is 12.1. The number of carbonyl (C=O) groups is 1. The van der Waals surface area contributed by atoms with Crippen LogP contribution in [0, 0.1) is 18.3 Å². The van der Waals surface area contributed by atoms with E-state index in [0.717, 1.165) is 74.6 Å². The van der Waals surface area contributed by atoms with Crippen LogP contribution in [-0.4, -0.2) is 61.2 Å². The molecule has 0 bridgehead atoms. The van der Waals surface area contributed by atoms with Crippen molar-refractivity contribution in [3.63, 3.8) is 0 Å². The lowest BCUT2D eigenvalue weighted by Crippen LogP contribution is -2.44. The third kappa shape index (κ3) is 6.02. The Labute approximate surface area is 196 Å². The van der Waals surface area contributed by atoms with E-state index in [2.05, 4.69) is 33.2 Å². The molecule has 2 heterocycles. The number of hydrogen-bond donors (Lipinski definition) is 1. The summed E-state index contributed by atoms with van der Waals surface area (Å²) < 4.78 is 6.17. The maximum atomic E-state index is 12.7. The molecule has 1 aliphatic heterocycles. The molecule has 1 aliphatic carbocycles. The number of aryl methyl sites for hydroxylation is 1. The van der Waals surface area contributed by atoms with Crippen molar-refractivity contribution in [3.8, 4) is 11.8 Å². The summed E-state index contributed by atoms with van der Waals surface area (Å²) in [5.74, 6) is 1.74. The fraction of sp³-hybridized carbons (Fsp3) is 0.500. The quantitative estimate of drug-likeness (QED) is 0.732. The lowest BCUT2D eigenvalue weighted by atomic mass is 9.92. The fourth-order valence-electron chi connectivity index (χ4n) is 4.55. The minimum Gasteiger partial charge on any atom is -0.490 e. The molecule has 7 nitrogen and oxygen atoms in total. The molecular weight excluding hydrogens is 414 g/mol. The molecule has 1 amide bonds. The van der Waals surface area contributed by atoms with Crippen molar-refractivity contribution in [2.75, 3.05) is 38.1 Å². The van der Waals surface area contributed by atoms with Gasteiger partial charge in [0.1, 0.15) is 11.6 Å². The molecule has 1 aromatic heterocycles. The van der Waals surface area contributed by atoms with E-state index in [9.17, 15) is 4.79 Å². The number of likely N-dealkylation sites (N-methyl/N-ethyl adjacent to an activating group) is 1. The summed E-state index contributed by atoms with van der Waals surface area (Å²) in [7, 11) is 2.13. The Balaban J connectivity index is 1.24. The third-order valence-corrected chi connectivity index (χ3v) is 6.73. The monoisotopic (exact) mass is 447 g/mol. The van der Waals surface area contributed by atoms with E-state index in [0.29, 0.717) is 12.0 Å². The predicted molar refractivity (Wildman–Crippen MR) is 129 cm³/mol. The molecule has 2 fully saturated rings. The SMILES string of the molecule is Cc1cc(OC2CCC(NC(=O)c3ccc(N4CCN(C)CC4)nc3)CC2)ccc1CC#N. The zero-order valence-electron chi connectivity index (χ0n) is 19.6. The van der Waals surface area contributed by atoms with Gasteiger partial charge in [-0.15, -0.1) is 0 Å². The zero-order valence-corrected chi connectivity index (χ0v) is 19.6. The van der Waals surface area contributed by atoms with Crippen LogP contribution in [0.4, 0.5) is 5.82 Å². The average molecular weight is 448 g/mol. The predicted octanol–water partition coefficient (Wildman–Crippen LogP) is 3.33. The van der Waals surface area contributed by atoms with Gasteiger partial charge in [0, 0.05) is 38.4 Å². The minimum atomic E-state index is -0.0551. The molecule has 33 heavy (non-hydrogen) atoms. The first-order chi connectivity index (χ1) is 16.0. The molecule has 2 aromatic rings. The molecule has 4 rings (SSSR count). The second kappa shape index (κ2) is 10.7. The van der Waals surface area contributed by atoms with Crippen LogP contribution >= 0.6 is 0 Å². The van der Waals surface area contributed by atoms with Crippen molar-refractivity contribution in [3.05, 3.63) is 53.2 Å². The first kappa shape index (κ1) is 23.1. The fourth-order valence-corrected chi connectivity index (χ4v) is 4.55. The number of nitrogens with one attached hydrogen (secondary N) is 1. The maximum absolute atomic E-state index is 12.7. The van der Waals surface area contributed by atoms with E-state index in [-0.39, 0.29) is 18.1 Å². The van der Waals surface area contributed by atoms with Crippen LogP contribution in [0.3, 0.4) is 0 Å². The van der Waals surface area contributed by atoms with E-state index in [1.54, 1.807) is 6.20 Å². The lowest BCUT2D eigenvalue weighted by molar-refractivity contribution is 0.0893. The Kier molecular flexibility index (Phi) is 7.46. The van der Waals surface area contributed by atoms with Gasteiger partial charge in [0.25, 0.3) is 5.91 Å². The highest BCUT2D eigenvalue weighted by atomic mass is 16.5.